The molecule has 5 aromatic rings. The fraction of sp³-hybridized carbons (Fsp3) is 0.500. The fourth-order valence-corrected chi connectivity index (χ4v) is 11.2. The summed E-state index contributed by atoms with van der Waals surface area (Å²) in [5.74, 6) is 0.369. The number of ether oxygens (including phenoxy) is 2. The van der Waals surface area contributed by atoms with Gasteiger partial charge in [-0.3, -0.25) is 19.7 Å². The second kappa shape index (κ2) is 35.3. The first-order valence-electron chi connectivity index (χ1n) is 29.9. The maximum absolute atomic E-state index is 13.7. The number of carboxylic acids is 1. The van der Waals surface area contributed by atoms with Crippen molar-refractivity contribution < 1.29 is 38.1 Å². The molecule has 4 aromatic carbocycles. The third-order valence-electron chi connectivity index (χ3n) is 14.8. The largest absolute Gasteiger partial charge is 0.493 e. The Kier molecular flexibility index (Phi) is 29.9. The first-order valence-corrected chi connectivity index (χ1v) is 30.3. The van der Waals surface area contributed by atoms with Gasteiger partial charge in [0.25, 0.3) is 5.91 Å². The summed E-state index contributed by atoms with van der Waals surface area (Å²) >= 11 is 6.94. The van der Waals surface area contributed by atoms with Crippen molar-refractivity contribution in [1.29, 1.82) is 0 Å². The van der Waals surface area contributed by atoms with Crippen LogP contribution in [-0.4, -0.2) is 76.0 Å². The average Bonchev–Trinajstić information content (AvgIpc) is 4.23. The molecule has 442 valence electrons. The number of nitrogens with zero attached hydrogens (tertiary/aromatic N) is 3. The zero-order valence-corrected chi connectivity index (χ0v) is 51.8. The summed E-state index contributed by atoms with van der Waals surface area (Å²) in [6, 6.07) is 19.6. The zero-order valence-electron chi connectivity index (χ0n) is 51.0. The molecule has 11 nitrogen and oxygen atoms in total. The molecule has 0 spiro atoms. The van der Waals surface area contributed by atoms with Gasteiger partial charge >= 0.3 is 5.97 Å². The van der Waals surface area contributed by atoms with Gasteiger partial charge in [0.05, 0.1) is 23.2 Å². The minimum absolute atomic E-state index is 0.000898. The smallest absolute Gasteiger partial charge is 0.352 e. The van der Waals surface area contributed by atoms with Crippen molar-refractivity contribution in [2.45, 2.75) is 192 Å². The number of carboxylic acid groups (broad SMARTS) is 1. The first-order chi connectivity index (χ1) is 39.2. The van der Waals surface area contributed by atoms with Gasteiger partial charge in [0.1, 0.15) is 29.1 Å². The maximum atomic E-state index is 13.7. The minimum atomic E-state index is -0.920. The number of terminal acetylenes is 1. The molecule has 1 saturated carbocycles. The zero-order chi connectivity index (χ0) is 60.3. The van der Waals surface area contributed by atoms with Crippen LogP contribution in [0.5, 0.6) is 11.5 Å². The van der Waals surface area contributed by atoms with E-state index >= 15 is 0 Å². The summed E-state index contributed by atoms with van der Waals surface area (Å²) in [5, 5.41) is 16.2. The molecule has 2 heterocycles. The molecular weight excluding hydrogens is 1040 g/mol. The van der Waals surface area contributed by atoms with Crippen LogP contribution in [0, 0.1) is 24.6 Å². The molecule has 2 N–H and O–H groups in total. The van der Waals surface area contributed by atoms with Gasteiger partial charge in [0, 0.05) is 52.8 Å². The van der Waals surface area contributed by atoms with Crippen molar-refractivity contribution in [2.24, 2.45) is 5.92 Å². The number of fused-ring (bicyclic) bond motifs is 3. The predicted molar refractivity (Wildman–Crippen MR) is 334 cm³/mol. The van der Waals surface area contributed by atoms with E-state index in [-0.39, 0.29) is 30.3 Å². The number of halogens is 2. The molecule has 0 bridgehead atoms. The van der Waals surface area contributed by atoms with Crippen LogP contribution >= 0.6 is 11.6 Å². The Morgan fingerprint density at radius 3 is 2.12 bits per heavy atom. The van der Waals surface area contributed by atoms with Crippen molar-refractivity contribution in [3.63, 3.8) is 0 Å². The van der Waals surface area contributed by atoms with Crippen LogP contribution in [0.3, 0.4) is 0 Å². The second-order valence-corrected chi connectivity index (χ2v) is 20.6. The molecule has 3 amide bonds. The molecule has 1 aromatic heterocycles. The molecule has 3 unspecified atom stereocenters. The number of aryl methyl sites for hydroxylation is 2. The number of imide groups is 1. The molecule has 2 aliphatic rings. The number of carbonyl (C=O) groups is 4. The van der Waals surface area contributed by atoms with E-state index in [1.807, 2.05) is 86.6 Å². The van der Waals surface area contributed by atoms with Crippen molar-refractivity contribution in [3.8, 4) is 24.3 Å². The minimum Gasteiger partial charge on any atom is -0.493 e. The van der Waals surface area contributed by atoms with E-state index in [1.54, 1.807) is 6.07 Å². The van der Waals surface area contributed by atoms with Gasteiger partial charge in [-0.1, -0.05) is 143 Å². The molecule has 0 saturated heterocycles. The van der Waals surface area contributed by atoms with Gasteiger partial charge in [-0.25, -0.2) is 9.18 Å². The number of amides is 3. The van der Waals surface area contributed by atoms with E-state index in [0.717, 1.165) is 127 Å². The van der Waals surface area contributed by atoms with Crippen LogP contribution in [-0.2, 0) is 27.3 Å². The number of hydrogen-bond acceptors (Lipinski definition) is 7. The lowest BCUT2D eigenvalue weighted by atomic mass is 9.93. The number of benzene rings is 4. The number of allylic oxidation sites excluding steroid dienone is 3. The first kappa shape index (κ1) is 68.7. The van der Waals surface area contributed by atoms with Gasteiger partial charge in [-0.2, -0.15) is 0 Å². The fourth-order valence-electron chi connectivity index (χ4n) is 10.9. The van der Waals surface area contributed by atoms with Gasteiger partial charge in [0.15, 0.2) is 6.61 Å². The van der Waals surface area contributed by atoms with E-state index in [2.05, 4.69) is 84.5 Å². The highest BCUT2D eigenvalue weighted by Crippen LogP contribution is 2.52. The van der Waals surface area contributed by atoms with Gasteiger partial charge < -0.3 is 28.9 Å². The maximum Gasteiger partial charge on any atom is 0.352 e. The second-order valence-electron chi connectivity index (χ2n) is 20.2. The molecule has 1 aliphatic heterocycles. The van der Waals surface area contributed by atoms with Crippen molar-refractivity contribution in [3.05, 3.63) is 117 Å². The lowest BCUT2D eigenvalue weighted by Gasteiger charge is -2.33. The van der Waals surface area contributed by atoms with E-state index < -0.39 is 12.0 Å². The monoisotopic (exact) mass is 1130 g/mol. The van der Waals surface area contributed by atoms with Crippen molar-refractivity contribution in [2.75, 3.05) is 26.3 Å². The average molecular weight is 1130 g/mol. The SMILES string of the molecule is C#C.CC.CC.CCC/C(C)=C(\CC)c1c(Cl)ccc2c(CCCOc3cccc4cc(F)ccc34)c(C(=O)O)n(CCC(C)CC)c12.CCCC(C(=O)NC=O)N1C(=C2CC2)c2cccc(OCC(=O)N(CCC)CCC)c2C1C. The third-order valence-corrected chi connectivity index (χ3v) is 15.1. The summed E-state index contributed by atoms with van der Waals surface area (Å²) in [5.41, 5.74) is 10.1. The van der Waals surface area contributed by atoms with Crippen LogP contribution in [0.4, 0.5) is 4.39 Å². The van der Waals surface area contributed by atoms with Crippen LogP contribution in [0.15, 0.2) is 77.9 Å². The van der Waals surface area contributed by atoms with E-state index in [4.69, 9.17) is 21.1 Å². The highest BCUT2D eigenvalue weighted by Gasteiger charge is 2.43. The van der Waals surface area contributed by atoms with Crippen LogP contribution in [0.1, 0.15) is 206 Å². The summed E-state index contributed by atoms with van der Waals surface area (Å²) < 4.78 is 28.0. The predicted octanol–water partition coefficient (Wildman–Crippen LogP) is 17.1. The standard InChI is InChI=1S/C36H43ClFNO3.C26H37N3O4.2C2H6.C2H2/c1-6-11-24(5)27(8-3)33-31(37)18-17-30-29(35(36(40)41)39(34(30)33)20-19-23(4)7-2)13-10-21-42-32-14-9-12-25-22-26(38)15-16-28(25)32;1-5-9-21(26(32)27-17-30)29-18(4)24-20(25(29)19-12-13-19)10-8-11-22(24)33-16-23(31)28(14-6-2)15-7-3;3*1-2/h9,12,14-18,22-23H,6-8,10-11,13,19-21H2,1-5H3,(H,40,41);8,10-11,17-18,21H,5-7,9,12-16H2,1-4H3,(H,27,30,32);2*1-2H3;1-2H/b27-24+;;;;. The van der Waals surface area contributed by atoms with Crippen molar-refractivity contribution in [1.82, 2.24) is 19.7 Å². The van der Waals surface area contributed by atoms with Crippen molar-refractivity contribution >= 4 is 68.7 Å². The summed E-state index contributed by atoms with van der Waals surface area (Å²) in [6.07, 6.45) is 19.7. The summed E-state index contributed by atoms with van der Waals surface area (Å²) in [6.45, 7) is 29.6. The number of nitrogens with one attached hydrogen (secondary N) is 1. The van der Waals surface area contributed by atoms with E-state index in [0.29, 0.717) is 67.0 Å². The molecule has 0 radical (unpaired) electrons. The molecule has 3 atom stereocenters. The summed E-state index contributed by atoms with van der Waals surface area (Å²) in [4.78, 5) is 53.5. The molecule has 7 rings (SSSR count). The quantitative estimate of drug-likeness (QED) is 0.0318. The molecule has 1 fully saturated rings. The molecule has 13 heteroatoms. The number of hydrogen-bond donors (Lipinski definition) is 2. The van der Waals surface area contributed by atoms with E-state index in [9.17, 15) is 28.7 Å². The van der Waals surface area contributed by atoms with Crippen LogP contribution in [0.25, 0.3) is 32.9 Å². The Morgan fingerprint density at radius 1 is 0.877 bits per heavy atom. The molecule has 81 heavy (non-hydrogen) atoms. The summed E-state index contributed by atoms with van der Waals surface area (Å²) in [7, 11) is 0. The number of aromatic carboxylic acids is 1. The van der Waals surface area contributed by atoms with Gasteiger partial charge in [-0.05, 0) is 142 Å². The lowest BCUT2D eigenvalue weighted by molar-refractivity contribution is -0.133. The Balaban J connectivity index is 0.000000399. The Bertz CT molecular complexity index is 2930. The number of carbonyl (C=O) groups excluding carboxylic acids is 3. The number of rotatable bonds is 26. The third kappa shape index (κ3) is 17.5. The topological polar surface area (TPSA) is 130 Å². The van der Waals surface area contributed by atoms with Crippen LogP contribution < -0.4 is 14.8 Å². The lowest BCUT2D eigenvalue weighted by Crippen LogP contribution is -2.45. The molecule has 1 aliphatic carbocycles. The van der Waals surface area contributed by atoms with E-state index in [1.165, 1.54) is 28.9 Å². The van der Waals surface area contributed by atoms with Crippen LogP contribution in [0.2, 0.25) is 5.02 Å². The normalized spacial score (nSPS) is 14.0. The van der Waals surface area contributed by atoms with Gasteiger partial charge in [0.2, 0.25) is 12.3 Å². The number of aromatic nitrogens is 1. The highest BCUT2D eigenvalue weighted by atomic mass is 35.5. The Labute approximate surface area is 489 Å². The van der Waals surface area contributed by atoms with Gasteiger partial charge in [-0.15, -0.1) is 12.8 Å². The Hall–Kier alpha value is -6.58. The highest BCUT2D eigenvalue weighted by molar-refractivity contribution is 6.33. The Morgan fingerprint density at radius 2 is 1.53 bits per heavy atom. The molecular formula is C68H94ClFN4O7.